The first-order valence-electron chi connectivity index (χ1n) is 12.6. The minimum atomic E-state index is -0.910. The molecule has 6 N–H and O–H groups in total. The number of halogens is 2. The molecule has 12 heteroatoms. The van der Waals surface area contributed by atoms with Gasteiger partial charge in [0.25, 0.3) is 5.91 Å². The summed E-state index contributed by atoms with van der Waals surface area (Å²) in [6.45, 7) is 7.45. The number of nitrogens with two attached hydrogens (primary N) is 1. The standard InChI is InChI=1S/C27H30F2N8O2/c1-15(2)36-11-13-37(14-12-36)20-8-7-19(23(39-3)22(20)29)33-27-34-25-16(9-10-31-25)26(35-27)32-18-6-4-5-17(28)21(18)24(30)38/h4-10,15H,11-14H2,1-3H3,(H2,30,38)(H3,31,32,33,34,35)/p+1. The lowest BCUT2D eigenvalue weighted by Crippen LogP contribution is -2.49. The number of anilines is 5. The van der Waals surface area contributed by atoms with Gasteiger partial charge in [-0.3, -0.25) is 20.0 Å². The number of aromatic amines is 2. The summed E-state index contributed by atoms with van der Waals surface area (Å²) < 4.78 is 35.4. The SMILES string of the molecule is COc1c(Nc2nc(Nc3cccc(F)c3C(N)=O)c3cc[nH]c3[nH+]2)ccc(N2CCN(C(C)C)CC2)c1F. The number of carbonyl (C=O) groups excluding carboxylic acids is 1. The molecule has 0 bridgehead atoms. The van der Waals surface area contributed by atoms with Crippen LogP contribution in [0.15, 0.2) is 42.6 Å². The van der Waals surface area contributed by atoms with E-state index in [-0.39, 0.29) is 22.9 Å². The first-order chi connectivity index (χ1) is 18.8. The number of methoxy groups -OCH3 is 1. The summed E-state index contributed by atoms with van der Waals surface area (Å²) in [6, 6.07) is 9.83. The summed E-state index contributed by atoms with van der Waals surface area (Å²) in [4.78, 5) is 27.0. The molecule has 5 rings (SSSR count). The van der Waals surface area contributed by atoms with Crippen molar-refractivity contribution in [2.24, 2.45) is 5.73 Å². The highest BCUT2D eigenvalue weighted by Crippen LogP contribution is 2.36. The Balaban J connectivity index is 1.45. The van der Waals surface area contributed by atoms with Crippen molar-refractivity contribution in [1.82, 2.24) is 14.9 Å². The Morgan fingerprint density at radius 1 is 1.10 bits per heavy atom. The number of H-pyrrole nitrogens is 2. The summed E-state index contributed by atoms with van der Waals surface area (Å²) in [6.07, 6.45) is 1.70. The van der Waals surface area contributed by atoms with Gasteiger partial charge in [0, 0.05) is 38.4 Å². The first kappa shape index (κ1) is 26.2. The van der Waals surface area contributed by atoms with Crippen LogP contribution in [0, 0.1) is 11.6 Å². The van der Waals surface area contributed by atoms with Gasteiger partial charge in [0.05, 0.1) is 29.4 Å². The number of primary amides is 1. The Labute approximate surface area is 224 Å². The topological polar surface area (TPSA) is 126 Å². The Bertz CT molecular complexity index is 1520. The predicted molar refractivity (Wildman–Crippen MR) is 146 cm³/mol. The second-order valence-electron chi connectivity index (χ2n) is 9.57. The molecule has 39 heavy (non-hydrogen) atoms. The number of rotatable bonds is 8. The fourth-order valence-corrected chi connectivity index (χ4v) is 4.84. The van der Waals surface area contributed by atoms with Crippen LogP contribution in [-0.2, 0) is 0 Å². The van der Waals surface area contributed by atoms with Gasteiger partial charge in [0.2, 0.25) is 11.5 Å². The number of ether oxygens (including phenoxy) is 1. The summed E-state index contributed by atoms with van der Waals surface area (Å²) in [5, 5.41) is 6.74. The smallest absolute Gasteiger partial charge is 0.351 e. The number of nitrogens with one attached hydrogen (secondary N) is 4. The zero-order valence-electron chi connectivity index (χ0n) is 21.9. The molecule has 1 fully saturated rings. The van der Waals surface area contributed by atoms with Crippen molar-refractivity contribution in [3.8, 4) is 5.75 Å². The van der Waals surface area contributed by atoms with Gasteiger partial charge in [-0.2, -0.15) is 0 Å². The number of piperazine rings is 1. The number of carbonyl (C=O) groups is 1. The molecule has 10 nitrogen and oxygen atoms in total. The molecule has 0 atom stereocenters. The lowest BCUT2D eigenvalue weighted by atomic mass is 10.1. The number of fused-ring (bicyclic) bond motifs is 1. The van der Waals surface area contributed by atoms with Gasteiger partial charge in [-0.05, 0) is 44.2 Å². The number of hydrogen-bond donors (Lipinski definition) is 4. The Morgan fingerprint density at radius 3 is 2.56 bits per heavy atom. The molecule has 0 unspecified atom stereocenters. The third-order valence-corrected chi connectivity index (χ3v) is 6.90. The quantitative estimate of drug-likeness (QED) is 0.270. The highest BCUT2D eigenvalue weighted by atomic mass is 19.1. The van der Waals surface area contributed by atoms with Gasteiger partial charge >= 0.3 is 5.95 Å². The summed E-state index contributed by atoms with van der Waals surface area (Å²) in [7, 11) is 1.41. The van der Waals surface area contributed by atoms with E-state index in [1.54, 1.807) is 24.4 Å². The van der Waals surface area contributed by atoms with Gasteiger partial charge in [0.1, 0.15) is 11.5 Å². The zero-order chi connectivity index (χ0) is 27.7. The van der Waals surface area contributed by atoms with Crippen molar-refractivity contribution in [3.63, 3.8) is 0 Å². The molecular weight excluding hydrogens is 506 g/mol. The predicted octanol–water partition coefficient (Wildman–Crippen LogP) is 3.78. The fourth-order valence-electron chi connectivity index (χ4n) is 4.84. The summed E-state index contributed by atoms with van der Waals surface area (Å²) in [5.41, 5.74) is 6.73. The molecule has 2 aromatic heterocycles. The van der Waals surface area contributed by atoms with Crippen molar-refractivity contribution in [1.29, 1.82) is 0 Å². The van der Waals surface area contributed by atoms with E-state index in [9.17, 15) is 9.18 Å². The minimum Gasteiger partial charge on any atom is -0.491 e. The molecule has 204 valence electrons. The highest BCUT2D eigenvalue weighted by molar-refractivity contribution is 6.00. The third-order valence-electron chi connectivity index (χ3n) is 6.90. The molecular formula is C27H31F2N8O2+. The minimum absolute atomic E-state index is 0.0521. The zero-order valence-corrected chi connectivity index (χ0v) is 21.9. The molecule has 0 spiro atoms. The van der Waals surface area contributed by atoms with Crippen molar-refractivity contribution in [3.05, 3.63) is 59.8 Å². The van der Waals surface area contributed by atoms with Crippen LogP contribution >= 0.6 is 0 Å². The summed E-state index contributed by atoms with van der Waals surface area (Å²) in [5.74, 6) is -1.50. The highest BCUT2D eigenvalue weighted by Gasteiger charge is 2.26. The molecule has 0 radical (unpaired) electrons. The van der Waals surface area contributed by atoms with Gasteiger partial charge < -0.3 is 20.7 Å². The average molecular weight is 538 g/mol. The number of amides is 1. The Morgan fingerprint density at radius 2 is 1.87 bits per heavy atom. The number of nitrogens with zero attached hydrogens (tertiary/aromatic N) is 3. The monoisotopic (exact) mass is 537 g/mol. The van der Waals surface area contributed by atoms with Crippen molar-refractivity contribution in [2.45, 2.75) is 19.9 Å². The largest absolute Gasteiger partial charge is 0.491 e. The number of benzene rings is 2. The van der Waals surface area contributed by atoms with Crippen molar-refractivity contribution in [2.75, 3.05) is 48.8 Å². The van der Waals surface area contributed by atoms with Crippen LogP contribution in [0.3, 0.4) is 0 Å². The molecule has 0 saturated carbocycles. The molecule has 0 aliphatic carbocycles. The Kier molecular flexibility index (Phi) is 7.20. The van der Waals surface area contributed by atoms with E-state index >= 15 is 4.39 Å². The molecule has 1 aliphatic heterocycles. The molecule has 1 aliphatic rings. The van der Waals surface area contributed by atoms with E-state index in [1.165, 1.54) is 19.2 Å². The maximum Gasteiger partial charge on any atom is 0.351 e. The van der Waals surface area contributed by atoms with Crippen LogP contribution in [0.4, 0.5) is 37.6 Å². The van der Waals surface area contributed by atoms with E-state index in [0.29, 0.717) is 47.4 Å². The molecule has 2 aromatic carbocycles. The summed E-state index contributed by atoms with van der Waals surface area (Å²) >= 11 is 0. The lowest BCUT2D eigenvalue weighted by molar-refractivity contribution is -0.333. The second-order valence-corrected chi connectivity index (χ2v) is 9.57. The van der Waals surface area contributed by atoms with Crippen LogP contribution < -0.4 is 31.0 Å². The first-order valence-corrected chi connectivity index (χ1v) is 12.6. The normalized spacial score (nSPS) is 14.2. The molecule has 1 saturated heterocycles. The third kappa shape index (κ3) is 5.15. The molecule has 3 heterocycles. The molecule has 4 aromatic rings. The maximum atomic E-state index is 15.7. The van der Waals surface area contributed by atoms with Gasteiger partial charge in [0.15, 0.2) is 11.6 Å². The van der Waals surface area contributed by atoms with Crippen LogP contribution in [0.1, 0.15) is 24.2 Å². The van der Waals surface area contributed by atoms with Crippen LogP contribution in [0.5, 0.6) is 5.75 Å². The Hall–Kier alpha value is -4.45. The second kappa shape index (κ2) is 10.7. The van der Waals surface area contributed by atoms with E-state index in [4.69, 9.17) is 10.5 Å². The van der Waals surface area contributed by atoms with Gasteiger partial charge in [-0.1, -0.05) is 11.1 Å². The van der Waals surface area contributed by atoms with Crippen LogP contribution in [0.2, 0.25) is 0 Å². The van der Waals surface area contributed by atoms with E-state index < -0.39 is 17.5 Å². The molecule has 1 amide bonds. The maximum absolute atomic E-state index is 15.7. The van der Waals surface area contributed by atoms with E-state index in [2.05, 4.69) is 44.3 Å². The average Bonchev–Trinajstić information content (AvgIpc) is 3.38. The number of hydrogen-bond acceptors (Lipinski definition) is 7. The van der Waals surface area contributed by atoms with E-state index in [1.807, 2.05) is 4.90 Å². The van der Waals surface area contributed by atoms with Gasteiger partial charge in [-0.25, -0.2) is 13.8 Å². The van der Waals surface area contributed by atoms with Crippen LogP contribution in [0.25, 0.3) is 11.0 Å². The van der Waals surface area contributed by atoms with Crippen molar-refractivity contribution >= 4 is 45.8 Å². The number of aromatic nitrogens is 3. The van der Waals surface area contributed by atoms with Crippen LogP contribution in [-0.4, -0.2) is 60.1 Å². The van der Waals surface area contributed by atoms with Crippen molar-refractivity contribution < 1.29 is 23.3 Å². The van der Waals surface area contributed by atoms with Gasteiger partial charge in [-0.15, -0.1) is 0 Å². The fraction of sp³-hybridized carbons (Fsp3) is 0.296. The van der Waals surface area contributed by atoms with E-state index in [0.717, 1.165) is 19.2 Å². The lowest BCUT2D eigenvalue weighted by Gasteiger charge is -2.38.